The fraction of sp³-hybridized carbons (Fsp3) is 0.562. The summed E-state index contributed by atoms with van der Waals surface area (Å²) in [7, 11) is 0. The Balaban J connectivity index is 1.97. The monoisotopic (exact) mass is 330 g/mol. The third-order valence-corrected chi connectivity index (χ3v) is 3.45. The number of rotatable bonds is 2. The highest BCUT2D eigenvalue weighted by atomic mass is 19.4. The van der Waals surface area contributed by atoms with Gasteiger partial charge in [0.25, 0.3) is 0 Å². The number of ether oxygens (including phenoxy) is 1. The van der Waals surface area contributed by atoms with Crippen LogP contribution >= 0.6 is 0 Å². The molecule has 1 N–H and O–H groups in total. The number of nitrogens with zero attached hydrogens (tertiary/aromatic N) is 1. The van der Waals surface area contributed by atoms with E-state index < -0.39 is 23.4 Å². The first kappa shape index (κ1) is 17.4. The fourth-order valence-corrected chi connectivity index (χ4v) is 2.47. The second-order valence-corrected chi connectivity index (χ2v) is 6.63. The molecule has 128 valence electrons. The van der Waals surface area contributed by atoms with Crippen LogP contribution in [0.25, 0.3) is 0 Å². The van der Waals surface area contributed by atoms with Crippen LogP contribution in [0.5, 0.6) is 0 Å². The zero-order valence-corrected chi connectivity index (χ0v) is 13.4. The summed E-state index contributed by atoms with van der Waals surface area (Å²) in [6.45, 7) is 6.37. The molecule has 7 heteroatoms. The zero-order chi connectivity index (χ0) is 17.3. The van der Waals surface area contributed by atoms with Gasteiger partial charge >= 0.3 is 12.3 Å². The van der Waals surface area contributed by atoms with Gasteiger partial charge in [-0.2, -0.15) is 13.2 Å². The molecule has 4 nitrogen and oxygen atoms in total. The molecular weight excluding hydrogens is 309 g/mol. The number of carbonyl (C=O) groups excluding carboxylic acids is 1. The predicted octanol–water partition coefficient (Wildman–Crippen LogP) is 3.81. The minimum Gasteiger partial charge on any atom is -0.444 e. The van der Waals surface area contributed by atoms with Gasteiger partial charge in [-0.15, -0.1) is 0 Å². The Hall–Kier alpha value is -1.92. The Morgan fingerprint density at radius 1 is 1.30 bits per heavy atom. The first-order chi connectivity index (χ1) is 10.5. The van der Waals surface area contributed by atoms with Gasteiger partial charge in [-0.3, -0.25) is 0 Å². The van der Waals surface area contributed by atoms with E-state index in [1.54, 1.807) is 26.8 Å². The standard InChI is InChI=1S/C16H21F3N2O2/c1-15(2,3)23-14(22)20-12-7-8-21(10-12)13-6-4-5-11(9-13)16(17,18)19/h4-6,9,12H,7-8,10H2,1-3H3,(H,20,22)/t12-/m1/s1. The van der Waals surface area contributed by atoms with Crippen molar-refractivity contribution in [3.8, 4) is 0 Å². The largest absolute Gasteiger partial charge is 0.444 e. The van der Waals surface area contributed by atoms with Crippen LogP contribution in [0.2, 0.25) is 0 Å². The molecule has 0 bridgehead atoms. The van der Waals surface area contributed by atoms with Crippen LogP contribution in [-0.2, 0) is 10.9 Å². The van der Waals surface area contributed by atoms with Crippen LogP contribution in [0.4, 0.5) is 23.7 Å². The fourth-order valence-electron chi connectivity index (χ4n) is 2.47. The van der Waals surface area contributed by atoms with Crippen molar-refractivity contribution in [2.45, 2.75) is 45.0 Å². The lowest BCUT2D eigenvalue weighted by Gasteiger charge is -2.22. The topological polar surface area (TPSA) is 41.6 Å². The molecule has 1 aromatic carbocycles. The average molecular weight is 330 g/mol. The number of anilines is 1. The molecule has 1 aliphatic rings. The average Bonchev–Trinajstić information content (AvgIpc) is 2.84. The van der Waals surface area contributed by atoms with Crippen molar-refractivity contribution in [2.75, 3.05) is 18.0 Å². The Morgan fingerprint density at radius 2 is 2.00 bits per heavy atom. The van der Waals surface area contributed by atoms with Crippen molar-refractivity contribution >= 4 is 11.8 Å². The summed E-state index contributed by atoms with van der Waals surface area (Å²) in [6, 6.07) is 5.09. The van der Waals surface area contributed by atoms with Crippen LogP contribution in [0.3, 0.4) is 0 Å². The second-order valence-electron chi connectivity index (χ2n) is 6.63. The van der Waals surface area contributed by atoms with E-state index in [2.05, 4.69) is 5.32 Å². The van der Waals surface area contributed by atoms with Gasteiger partial charge in [0.15, 0.2) is 0 Å². The third kappa shape index (κ3) is 5.04. The highest BCUT2D eigenvalue weighted by Gasteiger charge is 2.32. The van der Waals surface area contributed by atoms with E-state index in [0.717, 1.165) is 12.1 Å². The number of halogens is 3. The highest BCUT2D eigenvalue weighted by molar-refractivity contribution is 5.68. The van der Waals surface area contributed by atoms with Crippen molar-refractivity contribution in [3.05, 3.63) is 29.8 Å². The third-order valence-electron chi connectivity index (χ3n) is 3.45. The molecule has 0 radical (unpaired) electrons. The molecule has 23 heavy (non-hydrogen) atoms. The predicted molar refractivity (Wildman–Crippen MR) is 81.4 cm³/mol. The lowest BCUT2D eigenvalue weighted by molar-refractivity contribution is -0.137. The minimum atomic E-state index is -4.36. The van der Waals surface area contributed by atoms with E-state index in [9.17, 15) is 18.0 Å². The van der Waals surface area contributed by atoms with Crippen LogP contribution in [0.1, 0.15) is 32.8 Å². The summed E-state index contributed by atoms with van der Waals surface area (Å²) in [5.74, 6) is 0. The molecule has 2 rings (SSSR count). The molecule has 1 aliphatic heterocycles. The van der Waals surface area contributed by atoms with Gasteiger partial charge in [0.1, 0.15) is 5.60 Å². The molecule has 1 heterocycles. The first-order valence-electron chi connectivity index (χ1n) is 7.46. The maximum Gasteiger partial charge on any atom is 0.416 e. The molecule has 0 aliphatic carbocycles. The summed E-state index contributed by atoms with van der Waals surface area (Å²) in [6.07, 6.45) is -4.20. The van der Waals surface area contributed by atoms with E-state index in [1.807, 2.05) is 4.90 Å². The number of hydrogen-bond donors (Lipinski definition) is 1. The SMILES string of the molecule is CC(C)(C)OC(=O)N[C@@H]1CCN(c2cccc(C(F)(F)F)c2)C1. The van der Waals surface area contributed by atoms with Gasteiger partial charge in [0.2, 0.25) is 0 Å². The number of hydrogen-bond acceptors (Lipinski definition) is 3. The van der Waals surface area contributed by atoms with Crippen LogP contribution < -0.4 is 10.2 Å². The van der Waals surface area contributed by atoms with Gasteiger partial charge in [0, 0.05) is 18.8 Å². The second kappa shape index (κ2) is 6.29. The molecule has 0 unspecified atom stereocenters. The normalized spacial score (nSPS) is 18.9. The minimum absolute atomic E-state index is 0.139. The molecule has 0 spiro atoms. The van der Waals surface area contributed by atoms with Crippen molar-refractivity contribution in [3.63, 3.8) is 0 Å². The lowest BCUT2D eigenvalue weighted by atomic mass is 10.2. The van der Waals surface area contributed by atoms with Gasteiger partial charge in [0.05, 0.1) is 11.6 Å². The Labute approximate surface area is 133 Å². The number of benzene rings is 1. The summed E-state index contributed by atoms with van der Waals surface area (Å²) in [4.78, 5) is 13.6. The molecule has 1 atom stereocenters. The molecule has 1 amide bonds. The quantitative estimate of drug-likeness (QED) is 0.896. The van der Waals surface area contributed by atoms with E-state index in [0.29, 0.717) is 25.2 Å². The van der Waals surface area contributed by atoms with Gasteiger partial charge in [-0.1, -0.05) is 6.07 Å². The molecular formula is C16H21F3N2O2. The number of alkyl halides is 3. The molecule has 1 fully saturated rings. The van der Waals surface area contributed by atoms with E-state index in [-0.39, 0.29) is 6.04 Å². The van der Waals surface area contributed by atoms with Gasteiger partial charge < -0.3 is 15.0 Å². The smallest absolute Gasteiger partial charge is 0.416 e. The lowest BCUT2D eigenvalue weighted by Crippen LogP contribution is -2.40. The summed E-state index contributed by atoms with van der Waals surface area (Å²) < 4.78 is 43.5. The zero-order valence-electron chi connectivity index (χ0n) is 13.4. The van der Waals surface area contributed by atoms with Crippen molar-refractivity contribution in [1.29, 1.82) is 0 Å². The van der Waals surface area contributed by atoms with Crippen LogP contribution in [-0.4, -0.2) is 30.8 Å². The molecule has 1 saturated heterocycles. The summed E-state index contributed by atoms with van der Waals surface area (Å²) in [5, 5.41) is 2.75. The Kier molecular flexibility index (Phi) is 4.77. The van der Waals surface area contributed by atoms with E-state index in [4.69, 9.17) is 4.74 Å². The number of carbonyl (C=O) groups is 1. The van der Waals surface area contributed by atoms with Crippen LogP contribution in [0, 0.1) is 0 Å². The maximum atomic E-state index is 12.8. The van der Waals surface area contributed by atoms with Gasteiger partial charge in [-0.05, 0) is 45.4 Å². The summed E-state index contributed by atoms with van der Waals surface area (Å²) >= 11 is 0. The van der Waals surface area contributed by atoms with E-state index >= 15 is 0 Å². The summed E-state index contributed by atoms with van der Waals surface area (Å²) in [5.41, 5.74) is -0.740. The van der Waals surface area contributed by atoms with E-state index in [1.165, 1.54) is 6.07 Å². The first-order valence-corrected chi connectivity index (χ1v) is 7.46. The number of nitrogens with one attached hydrogen (secondary N) is 1. The molecule has 0 aromatic heterocycles. The maximum absolute atomic E-state index is 12.8. The van der Waals surface area contributed by atoms with Gasteiger partial charge in [-0.25, -0.2) is 4.79 Å². The van der Waals surface area contributed by atoms with Crippen molar-refractivity contribution < 1.29 is 22.7 Å². The Bertz CT molecular complexity index is 567. The Morgan fingerprint density at radius 3 is 2.61 bits per heavy atom. The highest BCUT2D eigenvalue weighted by Crippen LogP contribution is 2.32. The van der Waals surface area contributed by atoms with Crippen molar-refractivity contribution in [2.24, 2.45) is 0 Å². The molecule has 1 aromatic rings. The molecule has 0 saturated carbocycles. The number of alkyl carbamates (subject to hydrolysis) is 1. The van der Waals surface area contributed by atoms with Crippen molar-refractivity contribution in [1.82, 2.24) is 5.32 Å². The number of amides is 1. The van der Waals surface area contributed by atoms with Crippen LogP contribution in [0.15, 0.2) is 24.3 Å².